The average Bonchev–Trinajstić information content (AvgIpc) is 2.81. The Balaban J connectivity index is 1.69. The zero-order valence-electron chi connectivity index (χ0n) is 11.2. The molecule has 3 N–H and O–H groups in total. The molecule has 19 heavy (non-hydrogen) atoms. The lowest BCUT2D eigenvalue weighted by Gasteiger charge is -2.22. The molecule has 1 saturated carbocycles. The molecule has 1 fully saturated rings. The number of aliphatic hydroxyl groups is 1. The van der Waals surface area contributed by atoms with E-state index in [-0.39, 0.29) is 12.1 Å². The topological polar surface area (TPSA) is 48.0 Å². The van der Waals surface area contributed by atoms with Crippen LogP contribution in [0, 0.1) is 0 Å². The molecule has 0 saturated heterocycles. The van der Waals surface area contributed by atoms with Crippen LogP contribution in [0.2, 0.25) is 0 Å². The summed E-state index contributed by atoms with van der Waals surface area (Å²) in [5.74, 6) is 0. The number of hydrogen-bond donors (Lipinski definition) is 3. The number of aromatic nitrogens is 1. The SMILES string of the molecule is OC1CCCCCC1NCc1cccc2[nH]ccc12. The number of hydrogen-bond acceptors (Lipinski definition) is 2. The predicted octanol–water partition coefficient (Wildman–Crippen LogP) is 2.95. The Hall–Kier alpha value is -1.32. The van der Waals surface area contributed by atoms with Crippen LogP contribution in [0.1, 0.15) is 37.7 Å². The third-order valence-electron chi connectivity index (χ3n) is 4.22. The number of fused-ring (bicyclic) bond motifs is 1. The Morgan fingerprint density at radius 1 is 1.16 bits per heavy atom. The maximum Gasteiger partial charge on any atom is 0.0693 e. The van der Waals surface area contributed by atoms with Crippen LogP contribution < -0.4 is 5.32 Å². The van der Waals surface area contributed by atoms with Gasteiger partial charge in [-0.15, -0.1) is 0 Å². The third kappa shape index (κ3) is 2.82. The summed E-state index contributed by atoms with van der Waals surface area (Å²) in [6.45, 7) is 0.830. The summed E-state index contributed by atoms with van der Waals surface area (Å²) >= 11 is 0. The molecule has 1 aliphatic rings. The molecular weight excluding hydrogens is 236 g/mol. The molecular formula is C16H22N2O. The largest absolute Gasteiger partial charge is 0.392 e. The van der Waals surface area contributed by atoms with E-state index in [4.69, 9.17) is 0 Å². The Morgan fingerprint density at radius 3 is 3.00 bits per heavy atom. The first-order chi connectivity index (χ1) is 9.34. The van der Waals surface area contributed by atoms with Gasteiger partial charge in [-0.05, 0) is 30.5 Å². The van der Waals surface area contributed by atoms with Crippen molar-refractivity contribution < 1.29 is 5.11 Å². The van der Waals surface area contributed by atoms with Crippen LogP contribution >= 0.6 is 0 Å². The van der Waals surface area contributed by atoms with E-state index in [2.05, 4.69) is 34.6 Å². The first-order valence-electron chi connectivity index (χ1n) is 7.31. The molecule has 2 unspecified atom stereocenters. The van der Waals surface area contributed by atoms with Crippen LogP contribution in [0.3, 0.4) is 0 Å². The summed E-state index contributed by atoms with van der Waals surface area (Å²) in [6, 6.07) is 8.71. The molecule has 1 aromatic heterocycles. The van der Waals surface area contributed by atoms with E-state index in [1.807, 2.05) is 6.20 Å². The van der Waals surface area contributed by atoms with E-state index in [1.165, 1.54) is 29.3 Å². The predicted molar refractivity (Wildman–Crippen MR) is 78.0 cm³/mol. The van der Waals surface area contributed by atoms with Crippen LogP contribution in [0.4, 0.5) is 0 Å². The van der Waals surface area contributed by atoms with Crippen molar-refractivity contribution in [2.75, 3.05) is 0 Å². The van der Waals surface area contributed by atoms with E-state index in [9.17, 15) is 5.11 Å². The van der Waals surface area contributed by atoms with Crippen molar-refractivity contribution in [3.05, 3.63) is 36.0 Å². The maximum absolute atomic E-state index is 10.1. The standard InChI is InChI=1S/C16H22N2O/c19-16-8-3-1-2-6-15(16)18-11-12-5-4-7-14-13(12)9-10-17-14/h4-5,7,9-10,15-19H,1-3,6,8,11H2. The highest BCUT2D eigenvalue weighted by Crippen LogP contribution is 2.20. The van der Waals surface area contributed by atoms with E-state index in [1.54, 1.807) is 0 Å². The van der Waals surface area contributed by atoms with Gasteiger partial charge in [-0.25, -0.2) is 0 Å². The normalized spacial score (nSPS) is 24.5. The summed E-state index contributed by atoms with van der Waals surface area (Å²) in [7, 11) is 0. The molecule has 2 atom stereocenters. The highest BCUT2D eigenvalue weighted by Gasteiger charge is 2.20. The molecule has 1 aromatic carbocycles. The van der Waals surface area contributed by atoms with Gasteiger partial charge >= 0.3 is 0 Å². The van der Waals surface area contributed by atoms with Crippen LogP contribution in [-0.2, 0) is 6.54 Å². The quantitative estimate of drug-likeness (QED) is 0.741. The molecule has 0 amide bonds. The van der Waals surface area contributed by atoms with Gasteiger partial charge in [-0.1, -0.05) is 31.4 Å². The lowest BCUT2D eigenvalue weighted by molar-refractivity contribution is 0.119. The fourth-order valence-electron chi connectivity index (χ4n) is 3.07. The number of rotatable bonds is 3. The zero-order valence-corrected chi connectivity index (χ0v) is 11.2. The number of benzene rings is 1. The van der Waals surface area contributed by atoms with Crippen molar-refractivity contribution in [1.82, 2.24) is 10.3 Å². The molecule has 2 aromatic rings. The van der Waals surface area contributed by atoms with Crippen LogP contribution in [0.25, 0.3) is 10.9 Å². The number of aromatic amines is 1. The molecule has 3 nitrogen and oxygen atoms in total. The molecule has 0 bridgehead atoms. The lowest BCUT2D eigenvalue weighted by atomic mass is 10.0. The second kappa shape index (κ2) is 5.76. The van der Waals surface area contributed by atoms with E-state index in [0.29, 0.717) is 0 Å². The van der Waals surface area contributed by atoms with Crippen molar-refractivity contribution in [1.29, 1.82) is 0 Å². The van der Waals surface area contributed by atoms with Gasteiger partial charge in [-0.3, -0.25) is 0 Å². The fourth-order valence-corrected chi connectivity index (χ4v) is 3.07. The van der Waals surface area contributed by atoms with E-state index >= 15 is 0 Å². The van der Waals surface area contributed by atoms with E-state index < -0.39 is 0 Å². The minimum Gasteiger partial charge on any atom is -0.392 e. The van der Waals surface area contributed by atoms with Crippen LogP contribution in [0.15, 0.2) is 30.5 Å². The highest BCUT2D eigenvalue weighted by atomic mass is 16.3. The molecule has 1 heterocycles. The monoisotopic (exact) mass is 258 g/mol. The maximum atomic E-state index is 10.1. The highest BCUT2D eigenvalue weighted by molar-refractivity contribution is 5.82. The Morgan fingerprint density at radius 2 is 2.05 bits per heavy atom. The summed E-state index contributed by atoms with van der Waals surface area (Å²) in [6.07, 6.45) is 7.46. The summed E-state index contributed by atoms with van der Waals surface area (Å²) in [4.78, 5) is 3.24. The van der Waals surface area contributed by atoms with Crippen molar-refractivity contribution in [2.24, 2.45) is 0 Å². The van der Waals surface area contributed by atoms with Gasteiger partial charge in [0.2, 0.25) is 0 Å². The Kier molecular flexibility index (Phi) is 3.85. The molecule has 3 heteroatoms. The molecule has 0 spiro atoms. The van der Waals surface area contributed by atoms with Crippen molar-refractivity contribution in [3.63, 3.8) is 0 Å². The molecule has 0 aliphatic heterocycles. The summed E-state index contributed by atoms with van der Waals surface area (Å²) in [5.41, 5.74) is 2.48. The fraction of sp³-hybridized carbons (Fsp3) is 0.500. The van der Waals surface area contributed by atoms with Crippen LogP contribution in [-0.4, -0.2) is 22.2 Å². The van der Waals surface area contributed by atoms with Crippen molar-refractivity contribution >= 4 is 10.9 Å². The summed E-state index contributed by atoms with van der Waals surface area (Å²) in [5, 5.41) is 15.0. The van der Waals surface area contributed by atoms with Crippen molar-refractivity contribution in [2.45, 2.75) is 50.8 Å². The lowest BCUT2D eigenvalue weighted by Crippen LogP contribution is -2.38. The smallest absolute Gasteiger partial charge is 0.0693 e. The second-order valence-electron chi connectivity index (χ2n) is 5.55. The van der Waals surface area contributed by atoms with Gasteiger partial charge in [0.05, 0.1) is 6.10 Å². The number of nitrogens with one attached hydrogen (secondary N) is 2. The van der Waals surface area contributed by atoms with Gasteiger partial charge in [0.15, 0.2) is 0 Å². The zero-order chi connectivity index (χ0) is 13.1. The average molecular weight is 258 g/mol. The van der Waals surface area contributed by atoms with Gasteiger partial charge in [-0.2, -0.15) is 0 Å². The second-order valence-corrected chi connectivity index (χ2v) is 5.55. The summed E-state index contributed by atoms with van der Waals surface area (Å²) < 4.78 is 0. The van der Waals surface area contributed by atoms with E-state index in [0.717, 1.165) is 25.8 Å². The van der Waals surface area contributed by atoms with Gasteiger partial charge in [0.1, 0.15) is 0 Å². The molecule has 1 aliphatic carbocycles. The Labute approximate surface area is 114 Å². The van der Waals surface area contributed by atoms with Gasteiger partial charge < -0.3 is 15.4 Å². The van der Waals surface area contributed by atoms with Crippen LogP contribution in [0.5, 0.6) is 0 Å². The number of H-pyrrole nitrogens is 1. The van der Waals surface area contributed by atoms with Crippen molar-refractivity contribution in [3.8, 4) is 0 Å². The molecule has 102 valence electrons. The van der Waals surface area contributed by atoms with Gasteiger partial charge in [0.25, 0.3) is 0 Å². The third-order valence-corrected chi connectivity index (χ3v) is 4.22. The first kappa shape index (κ1) is 12.7. The minimum atomic E-state index is -0.187. The van der Waals surface area contributed by atoms with Gasteiger partial charge in [0, 0.05) is 29.7 Å². The molecule has 3 rings (SSSR count). The number of aliphatic hydroxyl groups excluding tert-OH is 1. The minimum absolute atomic E-state index is 0.187. The molecule has 0 radical (unpaired) electrons. The first-order valence-corrected chi connectivity index (χ1v) is 7.31. The Bertz CT molecular complexity index is 534.